The number of carbonyl (C=O) groups excluding carboxylic acids is 1. The third-order valence-corrected chi connectivity index (χ3v) is 3.98. The van der Waals surface area contributed by atoms with Crippen LogP contribution in [-0.2, 0) is 11.3 Å². The van der Waals surface area contributed by atoms with E-state index in [9.17, 15) is 18.0 Å². The predicted octanol–water partition coefficient (Wildman–Crippen LogP) is 3.17. The van der Waals surface area contributed by atoms with Crippen LogP contribution in [0.15, 0.2) is 41.6 Å². The summed E-state index contributed by atoms with van der Waals surface area (Å²) in [5.74, 6) is -0.567. The van der Waals surface area contributed by atoms with Crippen molar-refractivity contribution in [1.82, 2.24) is 14.5 Å². The average Bonchev–Trinajstić information content (AvgIpc) is 2.94. The number of hydrogen-bond donors (Lipinski definition) is 0. The molecule has 0 N–H and O–H groups in total. The van der Waals surface area contributed by atoms with Gasteiger partial charge in [0.1, 0.15) is 11.6 Å². The van der Waals surface area contributed by atoms with Crippen LogP contribution in [-0.4, -0.2) is 33.2 Å². The molecule has 0 fully saturated rings. The van der Waals surface area contributed by atoms with Gasteiger partial charge in [0.05, 0.1) is 12.3 Å². The number of hydrogen-bond acceptors (Lipinski definition) is 3. The van der Waals surface area contributed by atoms with Crippen molar-refractivity contribution in [1.29, 1.82) is 0 Å². The van der Waals surface area contributed by atoms with Gasteiger partial charge in [0, 0.05) is 24.3 Å². The Labute approximate surface area is 129 Å². The Kier molecular flexibility index (Phi) is 5.48. The molecule has 0 aliphatic carbocycles. The van der Waals surface area contributed by atoms with Gasteiger partial charge < -0.3 is 4.90 Å². The van der Waals surface area contributed by atoms with Crippen LogP contribution in [0.5, 0.6) is 0 Å². The van der Waals surface area contributed by atoms with Crippen LogP contribution in [0.1, 0.15) is 12.4 Å². The van der Waals surface area contributed by atoms with Gasteiger partial charge >= 0.3 is 6.55 Å². The second-order valence-electron chi connectivity index (χ2n) is 4.50. The minimum Gasteiger partial charge on any atom is -0.338 e. The van der Waals surface area contributed by atoms with E-state index < -0.39 is 12.4 Å². The number of benzene rings is 1. The SMILES string of the molecule is CN(Cc1nccn1C(F)F)C(=O)CSc1ccccc1F. The molecule has 0 saturated heterocycles. The van der Waals surface area contributed by atoms with Crippen molar-refractivity contribution in [2.24, 2.45) is 0 Å². The molecule has 2 aromatic rings. The molecular formula is C14H14F3N3OS. The molecule has 0 unspecified atom stereocenters. The molecule has 4 nitrogen and oxygen atoms in total. The number of halogens is 3. The summed E-state index contributed by atoms with van der Waals surface area (Å²) in [6.45, 7) is -2.73. The Balaban J connectivity index is 1.92. The Morgan fingerprint density at radius 3 is 2.82 bits per heavy atom. The number of rotatable bonds is 6. The van der Waals surface area contributed by atoms with E-state index in [1.807, 2.05) is 0 Å². The van der Waals surface area contributed by atoms with Crippen LogP contribution in [0.25, 0.3) is 0 Å². The van der Waals surface area contributed by atoms with Crippen molar-refractivity contribution in [3.05, 3.63) is 48.3 Å². The maximum atomic E-state index is 13.4. The van der Waals surface area contributed by atoms with Crippen LogP contribution in [0, 0.1) is 5.82 Å². The van der Waals surface area contributed by atoms with E-state index in [1.165, 1.54) is 24.2 Å². The van der Waals surface area contributed by atoms with E-state index in [1.54, 1.807) is 18.2 Å². The normalized spacial score (nSPS) is 11.0. The van der Waals surface area contributed by atoms with Gasteiger partial charge in [-0.05, 0) is 12.1 Å². The summed E-state index contributed by atoms with van der Waals surface area (Å²) in [6, 6.07) is 6.14. The minimum absolute atomic E-state index is 0.0207. The second-order valence-corrected chi connectivity index (χ2v) is 5.51. The van der Waals surface area contributed by atoms with Gasteiger partial charge in [0.25, 0.3) is 0 Å². The maximum absolute atomic E-state index is 13.4. The lowest BCUT2D eigenvalue weighted by molar-refractivity contribution is -0.127. The zero-order valence-electron chi connectivity index (χ0n) is 11.7. The number of thioether (sulfide) groups is 1. The zero-order chi connectivity index (χ0) is 16.1. The van der Waals surface area contributed by atoms with E-state index in [2.05, 4.69) is 4.98 Å². The highest BCUT2D eigenvalue weighted by Crippen LogP contribution is 2.21. The molecule has 1 heterocycles. The summed E-state index contributed by atoms with van der Waals surface area (Å²) in [7, 11) is 1.49. The summed E-state index contributed by atoms with van der Waals surface area (Å²) in [5.41, 5.74) is 0. The molecule has 0 spiro atoms. The third-order valence-electron chi connectivity index (χ3n) is 2.95. The lowest BCUT2D eigenvalue weighted by Gasteiger charge is -2.17. The first kappa shape index (κ1) is 16.4. The highest BCUT2D eigenvalue weighted by molar-refractivity contribution is 8.00. The summed E-state index contributed by atoms with van der Waals surface area (Å²) in [5, 5.41) is 0. The van der Waals surface area contributed by atoms with Crippen molar-refractivity contribution in [3.63, 3.8) is 0 Å². The van der Waals surface area contributed by atoms with E-state index in [0.717, 1.165) is 18.0 Å². The second kappa shape index (κ2) is 7.35. The monoisotopic (exact) mass is 329 g/mol. The molecule has 8 heteroatoms. The van der Waals surface area contributed by atoms with E-state index in [4.69, 9.17) is 0 Å². The van der Waals surface area contributed by atoms with Gasteiger partial charge in [0.15, 0.2) is 0 Å². The predicted molar refractivity (Wildman–Crippen MR) is 77.1 cm³/mol. The summed E-state index contributed by atoms with van der Waals surface area (Å²) >= 11 is 1.07. The molecular weight excluding hydrogens is 315 g/mol. The smallest absolute Gasteiger partial charge is 0.319 e. The van der Waals surface area contributed by atoms with Crippen molar-refractivity contribution in [3.8, 4) is 0 Å². The quantitative estimate of drug-likeness (QED) is 0.764. The van der Waals surface area contributed by atoms with Gasteiger partial charge in [0.2, 0.25) is 5.91 Å². The van der Waals surface area contributed by atoms with E-state index >= 15 is 0 Å². The number of carbonyl (C=O) groups is 1. The van der Waals surface area contributed by atoms with Gasteiger partial charge in [-0.1, -0.05) is 12.1 Å². The van der Waals surface area contributed by atoms with Crippen molar-refractivity contribution < 1.29 is 18.0 Å². The molecule has 0 radical (unpaired) electrons. The van der Waals surface area contributed by atoms with Crippen molar-refractivity contribution in [2.75, 3.05) is 12.8 Å². The number of aromatic nitrogens is 2. The zero-order valence-corrected chi connectivity index (χ0v) is 12.6. The first-order chi connectivity index (χ1) is 10.5. The highest BCUT2D eigenvalue weighted by atomic mass is 32.2. The Morgan fingerprint density at radius 1 is 1.41 bits per heavy atom. The van der Waals surface area contributed by atoms with Gasteiger partial charge in [-0.3, -0.25) is 9.36 Å². The standard InChI is InChI=1S/C14H14F3N3OS/c1-19(8-12-18-6-7-20(12)14(16)17)13(21)9-22-11-5-3-2-4-10(11)15/h2-7,14H,8-9H2,1H3. The van der Waals surface area contributed by atoms with Gasteiger partial charge in [-0.25, -0.2) is 9.37 Å². The molecule has 1 aromatic carbocycles. The highest BCUT2D eigenvalue weighted by Gasteiger charge is 2.16. The number of amides is 1. The summed E-state index contributed by atoms with van der Waals surface area (Å²) < 4.78 is 39.5. The third kappa shape index (κ3) is 4.03. The number of imidazole rings is 1. The molecule has 0 aliphatic rings. The van der Waals surface area contributed by atoms with Crippen molar-refractivity contribution >= 4 is 17.7 Å². The summed E-state index contributed by atoms with van der Waals surface area (Å²) in [6.07, 6.45) is 2.42. The number of alkyl halides is 2. The van der Waals surface area contributed by atoms with E-state index in [0.29, 0.717) is 9.46 Å². The fourth-order valence-electron chi connectivity index (χ4n) is 1.76. The fraction of sp³-hybridized carbons (Fsp3) is 0.286. The summed E-state index contributed by atoms with van der Waals surface area (Å²) in [4.78, 5) is 17.5. The van der Waals surface area contributed by atoms with Crippen molar-refractivity contribution in [2.45, 2.75) is 18.0 Å². The maximum Gasteiger partial charge on any atom is 0.319 e. The van der Waals surface area contributed by atoms with Crippen LogP contribution in [0.2, 0.25) is 0 Å². The van der Waals surface area contributed by atoms with Crippen LogP contribution in [0.3, 0.4) is 0 Å². The van der Waals surface area contributed by atoms with Gasteiger partial charge in [-0.15, -0.1) is 11.8 Å². The molecule has 2 rings (SSSR count). The molecule has 0 aliphatic heterocycles. The van der Waals surface area contributed by atoms with Gasteiger partial charge in [-0.2, -0.15) is 8.78 Å². The Bertz CT molecular complexity index is 648. The average molecular weight is 329 g/mol. The lowest BCUT2D eigenvalue weighted by atomic mass is 10.3. The van der Waals surface area contributed by atoms with E-state index in [-0.39, 0.29) is 24.0 Å². The molecule has 0 saturated carbocycles. The topological polar surface area (TPSA) is 38.1 Å². The first-order valence-corrected chi connectivity index (χ1v) is 7.38. The molecule has 1 amide bonds. The molecule has 22 heavy (non-hydrogen) atoms. The first-order valence-electron chi connectivity index (χ1n) is 6.40. The Hall–Kier alpha value is -1.96. The lowest BCUT2D eigenvalue weighted by Crippen LogP contribution is -2.29. The molecule has 0 atom stereocenters. The minimum atomic E-state index is -2.70. The van der Waals surface area contributed by atoms with Crippen LogP contribution >= 0.6 is 11.8 Å². The molecule has 118 valence electrons. The fourth-order valence-corrected chi connectivity index (χ4v) is 2.64. The largest absolute Gasteiger partial charge is 0.338 e. The van der Waals surface area contributed by atoms with Crippen LogP contribution in [0.4, 0.5) is 13.2 Å². The molecule has 0 bridgehead atoms. The molecule has 1 aromatic heterocycles. The number of nitrogens with zero attached hydrogens (tertiary/aromatic N) is 3. The Morgan fingerprint density at radius 2 is 2.14 bits per heavy atom. The van der Waals surface area contributed by atoms with Crippen LogP contribution < -0.4 is 0 Å².